The van der Waals surface area contributed by atoms with Gasteiger partial charge in [0.25, 0.3) is 0 Å². The van der Waals surface area contributed by atoms with Gasteiger partial charge in [-0.15, -0.1) is 0 Å². The highest BCUT2D eigenvalue weighted by molar-refractivity contribution is 4.84. The van der Waals surface area contributed by atoms with Crippen LogP contribution < -0.4 is 5.32 Å². The van der Waals surface area contributed by atoms with Crippen LogP contribution in [-0.2, 0) is 0 Å². The summed E-state index contributed by atoms with van der Waals surface area (Å²) in [5.41, 5.74) is -0.118. The number of nitrogens with one attached hydrogen (secondary N) is 1. The van der Waals surface area contributed by atoms with Crippen molar-refractivity contribution in [2.75, 3.05) is 19.7 Å². The molecule has 2 unspecified atom stereocenters. The fraction of sp³-hybridized carbons (Fsp3) is 1.00. The molecule has 1 aliphatic heterocycles. The lowest BCUT2D eigenvalue weighted by atomic mass is 9.95. The molecule has 1 saturated heterocycles. The summed E-state index contributed by atoms with van der Waals surface area (Å²) in [4.78, 5) is 2.61. The van der Waals surface area contributed by atoms with Crippen LogP contribution in [0.4, 0.5) is 0 Å². The highest BCUT2D eigenvalue weighted by Crippen LogP contribution is 2.19. The predicted octanol–water partition coefficient (Wildman–Crippen LogP) is 2.39. The SMILES string of the molecule is CC(C)NC(C)(CO)CCCN1CCCCC1C. The minimum absolute atomic E-state index is 0.118. The number of piperidine rings is 1. The molecule has 0 saturated carbocycles. The maximum atomic E-state index is 9.55. The Morgan fingerprint density at radius 3 is 2.67 bits per heavy atom. The number of rotatable bonds is 7. The number of aliphatic hydroxyl groups is 1. The van der Waals surface area contributed by atoms with Crippen LogP contribution in [0, 0.1) is 0 Å². The molecule has 3 nitrogen and oxygen atoms in total. The number of nitrogens with zero attached hydrogens (tertiary/aromatic N) is 1. The van der Waals surface area contributed by atoms with Crippen molar-refractivity contribution in [3.63, 3.8) is 0 Å². The molecule has 2 N–H and O–H groups in total. The van der Waals surface area contributed by atoms with Crippen LogP contribution in [0.1, 0.15) is 59.8 Å². The van der Waals surface area contributed by atoms with Crippen molar-refractivity contribution in [2.24, 2.45) is 0 Å². The number of aliphatic hydroxyl groups excluding tert-OH is 1. The Labute approximate surface area is 113 Å². The first-order valence-electron chi connectivity index (χ1n) is 7.59. The molecule has 0 aliphatic carbocycles. The molecule has 1 aliphatic rings. The molecule has 3 heteroatoms. The summed E-state index contributed by atoms with van der Waals surface area (Å²) >= 11 is 0. The molecule has 1 rings (SSSR count). The largest absolute Gasteiger partial charge is 0.394 e. The van der Waals surface area contributed by atoms with Crippen LogP contribution in [0.2, 0.25) is 0 Å². The lowest BCUT2D eigenvalue weighted by Crippen LogP contribution is -2.49. The zero-order valence-corrected chi connectivity index (χ0v) is 12.7. The number of hydrogen-bond donors (Lipinski definition) is 2. The molecule has 0 aromatic rings. The smallest absolute Gasteiger partial charge is 0.0610 e. The van der Waals surface area contributed by atoms with Crippen molar-refractivity contribution in [3.8, 4) is 0 Å². The predicted molar refractivity (Wildman–Crippen MR) is 77.9 cm³/mol. The first-order chi connectivity index (χ1) is 8.47. The molecule has 0 bridgehead atoms. The highest BCUT2D eigenvalue weighted by Gasteiger charge is 2.24. The van der Waals surface area contributed by atoms with E-state index < -0.39 is 0 Å². The third-order valence-corrected chi connectivity index (χ3v) is 4.10. The van der Waals surface area contributed by atoms with Gasteiger partial charge in [-0.1, -0.05) is 20.3 Å². The highest BCUT2D eigenvalue weighted by atomic mass is 16.3. The summed E-state index contributed by atoms with van der Waals surface area (Å²) in [6.45, 7) is 11.4. The molecule has 2 atom stereocenters. The van der Waals surface area contributed by atoms with E-state index in [1.807, 2.05) is 0 Å². The molecule has 18 heavy (non-hydrogen) atoms. The van der Waals surface area contributed by atoms with E-state index in [0.29, 0.717) is 6.04 Å². The monoisotopic (exact) mass is 256 g/mol. The third kappa shape index (κ3) is 5.25. The van der Waals surface area contributed by atoms with Gasteiger partial charge in [-0.05, 0) is 52.6 Å². The Bertz CT molecular complexity index is 233. The quantitative estimate of drug-likeness (QED) is 0.734. The van der Waals surface area contributed by atoms with E-state index in [9.17, 15) is 5.11 Å². The average molecular weight is 256 g/mol. The molecule has 108 valence electrons. The van der Waals surface area contributed by atoms with Crippen LogP contribution in [0.25, 0.3) is 0 Å². The average Bonchev–Trinajstić information content (AvgIpc) is 2.31. The van der Waals surface area contributed by atoms with Crippen molar-refractivity contribution in [1.29, 1.82) is 0 Å². The van der Waals surface area contributed by atoms with Crippen LogP contribution in [0.5, 0.6) is 0 Å². The van der Waals surface area contributed by atoms with Gasteiger partial charge in [-0.3, -0.25) is 0 Å². The Morgan fingerprint density at radius 2 is 2.11 bits per heavy atom. The fourth-order valence-electron chi connectivity index (χ4n) is 3.06. The number of hydrogen-bond acceptors (Lipinski definition) is 3. The van der Waals surface area contributed by atoms with Crippen molar-refractivity contribution < 1.29 is 5.11 Å². The number of likely N-dealkylation sites (tertiary alicyclic amines) is 1. The van der Waals surface area contributed by atoms with E-state index in [4.69, 9.17) is 0 Å². The van der Waals surface area contributed by atoms with Gasteiger partial charge in [0.15, 0.2) is 0 Å². The van der Waals surface area contributed by atoms with E-state index >= 15 is 0 Å². The standard InChI is InChI=1S/C15H32N2O/c1-13(2)16-15(4,12-18)9-7-11-17-10-6-5-8-14(17)3/h13-14,16,18H,5-12H2,1-4H3. The molecular weight excluding hydrogens is 224 g/mol. The van der Waals surface area contributed by atoms with Gasteiger partial charge in [0.1, 0.15) is 0 Å². The van der Waals surface area contributed by atoms with Crippen molar-refractivity contribution in [1.82, 2.24) is 10.2 Å². The van der Waals surface area contributed by atoms with Crippen molar-refractivity contribution >= 4 is 0 Å². The zero-order valence-electron chi connectivity index (χ0n) is 12.7. The van der Waals surface area contributed by atoms with Crippen LogP contribution in [0.15, 0.2) is 0 Å². The van der Waals surface area contributed by atoms with Crippen LogP contribution in [-0.4, -0.2) is 47.3 Å². The van der Waals surface area contributed by atoms with E-state index in [0.717, 1.165) is 12.5 Å². The van der Waals surface area contributed by atoms with E-state index in [-0.39, 0.29) is 12.1 Å². The molecule has 0 spiro atoms. The van der Waals surface area contributed by atoms with E-state index in [1.54, 1.807) is 0 Å². The maximum absolute atomic E-state index is 9.55. The molecule has 0 amide bonds. The minimum atomic E-state index is -0.118. The van der Waals surface area contributed by atoms with Gasteiger partial charge in [-0.25, -0.2) is 0 Å². The van der Waals surface area contributed by atoms with Gasteiger partial charge in [0.05, 0.1) is 6.61 Å². The molecule has 1 fully saturated rings. The molecule has 0 radical (unpaired) electrons. The Balaban J connectivity index is 2.30. The first kappa shape index (κ1) is 15.9. The summed E-state index contributed by atoms with van der Waals surface area (Å²) in [6, 6.07) is 1.17. The van der Waals surface area contributed by atoms with Gasteiger partial charge < -0.3 is 15.3 Å². The third-order valence-electron chi connectivity index (χ3n) is 4.10. The van der Waals surface area contributed by atoms with Crippen molar-refractivity contribution in [2.45, 2.75) is 77.4 Å². The summed E-state index contributed by atoms with van der Waals surface area (Å²) in [7, 11) is 0. The summed E-state index contributed by atoms with van der Waals surface area (Å²) < 4.78 is 0. The topological polar surface area (TPSA) is 35.5 Å². The normalized spacial score (nSPS) is 25.3. The lowest BCUT2D eigenvalue weighted by molar-refractivity contribution is 0.129. The van der Waals surface area contributed by atoms with Gasteiger partial charge >= 0.3 is 0 Å². The fourth-order valence-corrected chi connectivity index (χ4v) is 3.06. The van der Waals surface area contributed by atoms with Crippen LogP contribution >= 0.6 is 0 Å². The lowest BCUT2D eigenvalue weighted by Gasteiger charge is -2.35. The zero-order chi connectivity index (χ0) is 13.6. The Kier molecular flexibility index (Phi) is 6.61. The first-order valence-corrected chi connectivity index (χ1v) is 7.59. The van der Waals surface area contributed by atoms with Crippen LogP contribution in [0.3, 0.4) is 0 Å². The summed E-state index contributed by atoms with van der Waals surface area (Å²) in [6.07, 6.45) is 6.31. The summed E-state index contributed by atoms with van der Waals surface area (Å²) in [5, 5.41) is 13.0. The van der Waals surface area contributed by atoms with Crippen molar-refractivity contribution in [3.05, 3.63) is 0 Å². The minimum Gasteiger partial charge on any atom is -0.394 e. The molecule has 1 heterocycles. The van der Waals surface area contributed by atoms with Gasteiger partial charge in [-0.2, -0.15) is 0 Å². The molecule has 0 aromatic heterocycles. The maximum Gasteiger partial charge on any atom is 0.0610 e. The molecular formula is C15H32N2O. The van der Waals surface area contributed by atoms with Gasteiger partial charge in [0, 0.05) is 17.6 Å². The second kappa shape index (κ2) is 7.46. The summed E-state index contributed by atoms with van der Waals surface area (Å²) in [5.74, 6) is 0. The second-order valence-electron chi connectivity index (χ2n) is 6.50. The Morgan fingerprint density at radius 1 is 1.39 bits per heavy atom. The second-order valence-corrected chi connectivity index (χ2v) is 6.50. The Hall–Kier alpha value is -0.120. The molecule has 0 aromatic carbocycles. The van der Waals surface area contributed by atoms with E-state index in [2.05, 4.69) is 37.9 Å². The van der Waals surface area contributed by atoms with E-state index in [1.165, 1.54) is 38.8 Å². The van der Waals surface area contributed by atoms with Gasteiger partial charge in [0.2, 0.25) is 0 Å².